The molecule has 4 aromatic rings. The summed E-state index contributed by atoms with van der Waals surface area (Å²) < 4.78 is 2.91. The molecule has 2 aromatic heterocycles. The zero-order valence-corrected chi connectivity index (χ0v) is 14.9. The normalized spacial score (nSPS) is 10.9. The molecule has 1 N–H and O–H groups in total. The molecule has 4 rings (SSSR count). The van der Waals surface area contributed by atoms with E-state index in [1.54, 1.807) is 28.3 Å². The number of carbonyl (C=O) groups excluding carboxylic acids is 1. The van der Waals surface area contributed by atoms with E-state index in [1.807, 2.05) is 48.5 Å². The molecular formula is C20H18N4OS. The Bertz CT molecular complexity index is 989. The molecule has 0 radical (unpaired) electrons. The third kappa shape index (κ3) is 3.65. The van der Waals surface area contributed by atoms with Gasteiger partial charge in [0.1, 0.15) is 0 Å². The zero-order valence-electron chi connectivity index (χ0n) is 14.1. The SMILES string of the molecule is O=C(NCCCc1nc2ccccc2s1)c1ccn(-c2ccccc2)n1. The highest BCUT2D eigenvalue weighted by Gasteiger charge is 2.10. The van der Waals surface area contributed by atoms with Crippen LogP contribution in [0.25, 0.3) is 15.9 Å². The smallest absolute Gasteiger partial charge is 0.271 e. The highest BCUT2D eigenvalue weighted by Crippen LogP contribution is 2.22. The number of benzene rings is 2. The number of nitrogens with zero attached hydrogens (tertiary/aromatic N) is 3. The van der Waals surface area contributed by atoms with E-state index in [-0.39, 0.29) is 5.91 Å². The van der Waals surface area contributed by atoms with Crippen LogP contribution in [0.15, 0.2) is 66.9 Å². The van der Waals surface area contributed by atoms with Crippen LogP contribution >= 0.6 is 11.3 Å². The fraction of sp³-hybridized carbons (Fsp3) is 0.150. The van der Waals surface area contributed by atoms with Crippen LogP contribution in [0.2, 0.25) is 0 Å². The minimum atomic E-state index is -0.149. The number of amides is 1. The van der Waals surface area contributed by atoms with Crippen LogP contribution in [0.4, 0.5) is 0 Å². The third-order valence-corrected chi connectivity index (χ3v) is 5.13. The fourth-order valence-electron chi connectivity index (χ4n) is 2.73. The first-order chi connectivity index (χ1) is 12.8. The number of thiazole rings is 1. The maximum absolute atomic E-state index is 12.2. The Labute approximate surface area is 155 Å². The molecule has 0 fully saturated rings. The minimum absolute atomic E-state index is 0.149. The Hall–Kier alpha value is -2.99. The van der Waals surface area contributed by atoms with Crippen molar-refractivity contribution in [2.45, 2.75) is 12.8 Å². The molecule has 0 saturated carbocycles. The van der Waals surface area contributed by atoms with Gasteiger partial charge in [0.2, 0.25) is 0 Å². The lowest BCUT2D eigenvalue weighted by atomic mass is 10.3. The van der Waals surface area contributed by atoms with E-state index >= 15 is 0 Å². The van der Waals surface area contributed by atoms with Gasteiger partial charge in [0.15, 0.2) is 5.69 Å². The van der Waals surface area contributed by atoms with Crippen LogP contribution in [0.3, 0.4) is 0 Å². The van der Waals surface area contributed by atoms with E-state index in [0.29, 0.717) is 12.2 Å². The maximum atomic E-state index is 12.2. The summed E-state index contributed by atoms with van der Waals surface area (Å²) in [6.45, 7) is 0.604. The second-order valence-corrected chi connectivity index (χ2v) is 7.03. The van der Waals surface area contributed by atoms with Crippen molar-refractivity contribution < 1.29 is 4.79 Å². The molecule has 26 heavy (non-hydrogen) atoms. The Balaban J connectivity index is 1.29. The van der Waals surface area contributed by atoms with Crippen molar-refractivity contribution in [3.63, 3.8) is 0 Å². The molecule has 0 aliphatic carbocycles. The molecule has 0 spiro atoms. The van der Waals surface area contributed by atoms with Gasteiger partial charge in [-0.05, 0) is 36.8 Å². The van der Waals surface area contributed by atoms with Gasteiger partial charge >= 0.3 is 0 Å². The summed E-state index contributed by atoms with van der Waals surface area (Å²) in [7, 11) is 0. The van der Waals surface area contributed by atoms with Gasteiger partial charge in [0, 0.05) is 19.2 Å². The number of rotatable bonds is 6. The molecule has 0 atom stereocenters. The lowest BCUT2D eigenvalue weighted by Crippen LogP contribution is -2.25. The molecule has 0 bridgehead atoms. The average molecular weight is 362 g/mol. The van der Waals surface area contributed by atoms with E-state index in [9.17, 15) is 4.79 Å². The Morgan fingerprint density at radius 2 is 1.85 bits per heavy atom. The molecule has 0 unspecified atom stereocenters. The van der Waals surface area contributed by atoms with E-state index in [4.69, 9.17) is 0 Å². The molecule has 130 valence electrons. The quantitative estimate of drug-likeness (QED) is 0.530. The minimum Gasteiger partial charge on any atom is -0.351 e. The van der Waals surface area contributed by atoms with Crippen molar-refractivity contribution in [1.29, 1.82) is 0 Å². The second-order valence-electron chi connectivity index (χ2n) is 5.92. The summed E-state index contributed by atoms with van der Waals surface area (Å²) in [6.07, 6.45) is 3.51. The van der Waals surface area contributed by atoms with Crippen LogP contribution in [0.1, 0.15) is 21.9 Å². The van der Waals surface area contributed by atoms with Crippen molar-refractivity contribution in [2.24, 2.45) is 0 Å². The van der Waals surface area contributed by atoms with E-state index < -0.39 is 0 Å². The molecule has 2 aromatic carbocycles. The van der Waals surface area contributed by atoms with E-state index in [2.05, 4.69) is 21.5 Å². The van der Waals surface area contributed by atoms with Crippen molar-refractivity contribution in [3.05, 3.63) is 77.6 Å². The highest BCUT2D eigenvalue weighted by atomic mass is 32.1. The molecular weight excluding hydrogens is 344 g/mol. The average Bonchev–Trinajstić information content (AvgIpc) is 3.32. The molecule has 5 nitrogen and oxygen atoms in total. The standard InChI is InChI=1S/C20H18N4OS/c25-20(17-12-14-24(23-17)15-7-2-1-3-8-15)21-13-6-11-19-22-16-9-4-5-10-18(16)26-19/h1-5,7-10,12,14H,6,11,13H2,(H,21,25). The summed E-state index contributed by atoms with van der Waals surface area (Å²) in [5.41, 5.74) is 2.40. The molecule has 6 heteroatoms. The van der Waals surface area contributed by atoms with Crippen LogP contribution in [-0.4, -0.2) is 27.2 Å². The summed E-state index contributed by atoms with van der Waals surface area (Å²) in [6, 6.07) is 19.6. The van der Waals surface area contributed by atoms with Crippen molar-refractivity contribution in [1.82, 2.24) is 20.1 Å². The van der Waals surface area contributed by atoms with Crippen LogP contribution in [0.5, 0.6) is 0 Å². The lowest BCUT2D eigenvalue weighted by molar-refractivity contribution is 0.0948. The van der Waals surface area contributed by atoms with Crippen LogP contribution in [0, 0.1) is 0 Å². The molecule has 1 amide bonds. The van der Waals surface area contributed by atoms with Gasteiger partial charge in [0.25, 0.3) is 5.91 Å². The molecule has 0 aliphatic heterocycles. The van der Waals surface area contributed by atoms with Gasteiger partial charge in [-0.1, -0.05) is 30.3 Å². The third-order valence-electron chi connectivity index (χ3n) is 4.03. The number of fused-ring (bicyclic) bond motifs is 1. The topological polar surface area (TPSA) is 59.8 Å². The second kappa shape index (κ2) is 7.49. The van der Waals surface area contributed by atoms with E-state index in [0.717, 1.165) is 29.1 Å². The number of hydrogen-bond acceptors (Lipinski definition) is 4. The summed E-state index contributed by atoms with van der Waals surface area (Å²) in [5.74, 6) is -0.149. The van der Waals surface area contributed by atoms with Gasteiger partial charge in [-0.25, -0.2) is 9.67 Å². The number of carbonyl (C=O) groups is 1. The monoisotopic (exact) mass is 362 g/mol. The Kier molecular flexibility index (Phi) is 4.75. The van der Waals surface area contributed by atoms with Crippen molar-refractivity contribution in [3.8, 4) is 5.69 Å². The number of aryl methyl sites for hydroxylation is 1. The predicted molar refractivity (Wildman–Crippen MR) is 104 cm³/mol. The summed E-state index contributed by atoms with van der Waals surface area (Å²) >= 11 is 1.71. The number of para-hydroxylation sites is 2. The maximum Gasteiger partial charge on any atom is 0.271 e. The van der Waals surface area contributed by atoms with Crippen LogP contribution in [-0.2, 0) is 6.42 Å². The Morgan fingerprint density at radius 3 is 2.69 bits per heavy atom. The first kappa shape index (κ1) is 16.5. The lowest BCUT2D eigenvalue weighted by Gasteiger charge is -2.02. The van der Waals surface area contributed by atoms with Gasteiger partial charge in [-0.2, -0.15) is 5.10 Å². The molecule has 0 saturated heterocycles. The highest BCUT2D eigenvalue weighted by molar-refractivity contribution is 7.18. The van der Waals surface area contributed by atoms with Gasteiger partial charge in [-0.15, -0.1) is 11.3 Å². The summed E-state index contributed by atoms with van der Waals surface area (Å²) in [4.78, 5) is 16.9. The van der Waals surface area contributed by atoms with E-state index in [1.165, 1.54) is 4.70 Å². The Morgan fingerprint density at radius 1 is 1.04 bits per heavy atom. The van der Waals surface area contributed by atoms with Crippen molar-refractivity contribution >= 4 is 27.5 Å². The van der Waals surface area contributed by atoms with Crippen molar-refractivity contribution in [2.75, 3.05) is 6.54 Å². The number of nitrogens with one attached hydrogen (secondary N) is 1. The first-order valence-electron chi connectivity index (χ1n) is 8.53. The van der Waals surface area contributed by atoms with Gasteiger partial charge in [-0.3, -0.25) is 4.79 Å². The van der Waals surface area contributed by atoms with Crippen LogP contribution < -0.4 is 5.32 Å². The fourth-order valence-corrected chi connectivity index (χ4v) is 3.74. The summed E-state index contributed by atoms with van der Waals surface area (Å²) in [5, 5.41) is 8.38. The molecule has 2 heterocycles. The number of aromatic nitrogens is 3. The van der Waals surface area contributed by atoms with Gasteiger partial charge < -0.3 is 5.32 Å². The molecule has 0 aliphatic rings. The van der Waals surface area contributed by atoms with Gasteiger partial charge in [0.05, 0.1) is 20.9 Å². The predicted octanol–water partition coefficient (Wildman–Crippen LogP) is 3.84. The first-order valence-corrected chi connectivity index (χ1v) is 9.35. The largest absolute Gasteiger partial charge is 0.351 e. The number of hydrogen-bond donors (Lipinski definition) is 1. The zero-order chi connectivity index (χ0) is 17.8.